The standard InChI is InChI=1S/C12H13BrN2O/c1-2-3-4-5-6-12(16)15-11-8-7-10(13)9-14-11/h1,7-9H,3-6H2,(H,14,15,16). The molecule has 0 saturated carbocycles. The maximum Gasteiger partial charge on any atom is 0.225 e. The summed E-state index contributed by atoms with van der Waals surface area (Å²) in [6, 6.07) is 3.59. The second-order valence-electron chi connectivity index (χ2n) is 3.32. The minimum Gasteiger partial charge on any atom is -0.311 e. The van der Waals surface area contributed by atoms with Crippen LogP contribution in [0.4, 0.5) is 5.82 Å². The summed E-state index contributed by atoms with van der Waals surface area (Å²) in [7, 11) is 0. The van der Waals surface area contributed by atoms with Crippen molar-refractivity contribution in [3.63, 3.8) is 0 Å². The van der Waals surface area contributed by atoms with E-state index >= 15 is 0 Å². The van der Waals surface area contributed by atoms with Crippen molar-refractivity contribution in [2.24, 2.45) is 0 Å². The lowest BCUT2D eigenvalue weighted by Gasteiger charge is -2.03. The van der Waals surface area contributed by atoms with E-state index in [4.69, 9.17) is 6.42 Å². The summed E-state index contributed by atoms with van der Waals surface area (Å²) in [5.74, 6) is 3.10. The Hall–Kier alpha value is -1.34. The molecule has 0 aliphatic carbocycles. The molecule has 1 aromatic heterocycles. The molecule has 0 aliphatic rings. The number of anilines is 1. The van der Waals surface area contributed by atoms with E-state index in [1.54, 1.807) is 12.3 Å². The molecule has 84 valence electrons. The predicted octanol–water partition coefficient (Wildman–Crippen LogP) is 2.98. The third-order valence-electron chi connectivity index (χ3n) is 1.97. The fraction of sp³-hybridized carbons (Fsp3) is 0.333. The van der Waals surface area contributed by atoms with Crippen LogP contribution in [-0.4, -0.2) is 10.9 Å². The van der Waals surface area contributed by atoms with Crippen LogP contribution in [0.15, 0.2) is 22.8 Å². The smallest absolute Gasteiger partial charge is 0.225 e. The van der Waals surface area contributed by atoms with Crippen LogP contribution in [0.5, 0.6) is 0 Å². The Morgan fingerprint density at radius 3 is 2.94 bits per heavy atom. The van der Waals surface area contributed by atoms with E-state index in [0.717, 1.165) is 23.7 Å². The zero-order valence-electron chi connectivity index (χ0n) is 8.87. The average molecular weight is 281 g/mol. The van der Waals surface area contributed by atoms with Crippen molar-refractivity contribution in [3.8, 4) is 12.3 Å². The number of pyridine rings is 1. The Balaban J connectivity index is 2.29. The van der Waals surface area contributed by atoms with Crippen LogP contribution in [0.3, 0.4) is 0 Å². The van der Waals surface area contributed by atoms with Gasteiger partial charge in [0.25, 0.3) is 0 Å². The second-order valence-corrected chi connectivity index (χ2v) is 4.24. The molecule has 0 saturated heterocycles. The van der Waals surface area contributed by atoms with Crippen molar-refractivity contribution in [2.45, 2.75) is 25.7 Å². The maximum absolute atomic E-state index is 11.4. The summed E-state index contributed by atoms with van der Waals surface area (Å²) in [6.45, 7) is 0. The van der Waals surface area contributed by atoms with Gasteiger partial charge in [0, 0.05) is 23.5 Å². The van der Waals surface area contributed by atoms with E-state index in [2.05, 4.69) is 32.2 Å². The largest absolute Gasteiger partial charge is 0.311 e. The summed E-state index contributed by atoms with van der Waals surface area (Å²) >= 11 is 3.28. The molecule has 1 heterocycles. The van der Waals surface area contributed by atoms with Gasteiger partial charge in [-0.15, -0.1) is 12.3 Å². The van der Waals surface area contributed by atoms with Gasteiger partial charge in [0.15, 0.2) is 0 Å². The van der Waals surface area contributed by atoms with Gasteiger partial charge in [-0.1, -0.05) is 0 Å². The van der Waals surface area contributed by atoms with Crippen LogP contribution in [0.25, 0.3) is 0 Å². The molecule has 1 amide bonds. The molecule has 0 bridgehead atoms. The molecule has 4 heteroatoms. The number of unbranched alkanes of at least 4 members (excludes halogenated alkanes) is 2. The molecular formula is C12H13BrN2O. The monoisotopic (exact) mass is 280 g/mol. The van der Waals surface area contributed by atoms with E-state index < -0.39 is 0 Å². The van der Waals surface area contributed by atoms with Crippen LogP contribution >= 0.6 is 15.9 Å². The molecule has 1 N–H and O–H groups in total. The number of carbonyl (C=O) groups is 1. The summed E-state index contributed by atoms with van der Waals surface area (Å²) < 4.78 is 0.888. The molecule has 1 rings (SSSR count). The number of hydrogen-bond acceptors (Lipinski definition) is 2. The molecular weight excluding hydrogens is 268 g/mol. The van der Waals surface area contributed by atoms with Crippen molar-refractivity contribution < 1.29 is 4.79 Å². The number of aromatic nitrogens is 1. The molecule has 0 radical (unpaired) electrons. The van der Waals surface area contributed by atoms with Crippen LogP contribution in [0, 0.1) is 12.3 Å². The minimum absolute atomic E-state index is 0.0214. The summed E-state index contributed by atoms with van der Waals surface area (Å²) in [6.07, 6.45) is 9.68. The van der Waals surface area contributed by atoms with Crippen LogP contribution < -0.4 is 5.32 Å². The number of nitrogens with one attached hydrogen (secondary N) is 1. The first-order valence-electron chi connectivity index (χ1n) is 5.07. The maximum atomic E-state index is 11.4. The molecule has 0 aliphatic heterocycles. The molecule has 0 aromatic carbocycles. The average Bonchev–Trinajstić information content (AvgIpc) is 2.28. The van der Waals surface area contributed by atoms with Crippen molar-refractivity contribution in [1.82, 2.24) is 4.98 Å². The van der Waals surface area contributed by atoms with Crippen molar-refractivity contribution in [1.29, 1.82) is 0 Å². The minimum atomic E-state index is -0.0214. The zero-order chi connectivity index (χ0) is 11.8. The van der Waals surface area contributed by atoms with Gasteiger partial charge < -0.3 is 5.32 Å². The van der Waals surface area contributed by atoms with Gasteiger partial charge in [-0.3, -0.25) is 4.79 Å². The topological polar surface area (TPSA) is 42.0 Å². The van der Waals surface area contributed by atoms with Crippen LogP contribution in [-0.2, 0) is 4.79 Å². The first-order chi connectivity index (χ1) is 7.72. The molecule has 0 unspecified atom stereocenters. The summed E-state index contributed by atoms with van der Waals surface area (Å²) in [4.78, 5) is 15.5. The molecule has 1 aromatic rings. The van der Waals surface area contributed by atoms with Crippen LogP contribution in [0.1, 0.15) is 25.7 Å². The lowest BCUT2D eigenvalue weighted by molar-refractivity contribution is -0.116. The number of terminal acetylenes is 1. The van der Waals surface area contributed by atoms with Crippen molar-refractivity contribution >= 4 is 27.7 Å². The lowest BCUT2D eigenvalue weighted by Crippen LogP contribution is -2.11. The number of amides is 1. The number of rotatable bonds is 5. The number of halogens is 1. The normalized spacial score (nSPS) is 9.50. The van der Waals surface area contributed by atoms with Gasteiger partial charge in [0.05, 0.1) is 0 Å². The highest BCUT2D eigenvalue weighted by Crippen LogP contribution is 2.11. The fourth-order valence-electron chi connectivity index (χ4n) is 1.17. The molecule has 16 heavy (non-hydrogen) atoms. The Morgan fingerprint density at radius 2 is 2.31 bits per heavy atom. The van der Waals surface area contributed by atoms with E-state index in [9.17, 15) is 4.79 Å². The highest BCUT2D eigenvalue weighted by Gasteiger charge is 2.02. The Bertz CT molecular complexity index is 381. The molecule has 3 nitrogen and oxygen atoms in total. The van der Waals surface area contributed by atoms with Gasteiger partial charge in [0.2, 0.25) is 5.91 Å². The first-order valence-corrected chi connectivity index (χ1v) is 5.86. The Kier molecular flexibility index (Phi) is 5.58. The van der Waals surface area contributed by atoms with E-state index in [1.165, 1.54) is 0 Å². The first kappa shape index (κ1) is 12.7. The van der Waals surface area contributed by atoms with Gasteiger partial charge in [0.1, 0.15) is 5.82 Å². The fourth-order valence-corrected chi connectivity index (χ4v) is 1.40. The zero-order valence-corrected chi connectivity index (χ0v) is 10.5. The second kappa shape index (κ2) is 7.02. The Labute approximate surface area is 104 Å². The summed E-state index contributed by atoms with van der Waals surface area (Å²) in [5.41, 5.74) is 0. The van der Waals surface area contributed by atoms with E-state index in [1.807, 2.05) is 6.07 Å². The molecule has 0 fully saturated rings. The highest BCUT2D eigenvalue weighted by molar-refractivity contribution is 9.10. The highest BCUT2D eigenvalue weighted by atomic mass is 79.9. The van der Waals surface area contributed by atoms with E-state index in [0.29, 0.717) is 12.2 Å². The van der Waals surface area contributed by atoms with Crippen molar-refractivity contribution in [2.75, 3.05) is 5.32 Å². The molecule has 0 atom stereocenters. The SMILES string of the molecule is C#CCCCCC(=O)Nc1ccc(Br)cn1. The van der Waals surface area contributed by atoms with Crippen LogP contribution in [0.2, 0.25) is 0 Å². The number of hydrogen-bond donors (Lipinski definition) is 1. The third kappa shape index (κ3) is 4.94. The van der Waals surface area contributed by atoms with Crippen molar-refractivity contribution in [3.05, 3.63) is 22.8 Å². The quantitative estimate of drug-likeness (QED) is 0.666. The predicted molar refractivity (Wildman–Crippen MR) is 67.9 cm³/mol. The lowest BCUT2D eigenvalue weighted by atomic mass is 10.2. The number of nitrogens with zero attached hydrogens (tertiary/aromatic N) is 1. The van der Waals surface area contributed by atoms with Gasteiger partial charge in [-0.2, -0.15) is 0 Å². The van der Waals surface area contributed by atoms with Gasteiger partial charge >= 0.3 is 0 Å². The third-order valence-corrected chi connectivity index (χ3v) is 2.44. The van der Waals surface area contributed by atoms with E-state index in [-0.39, 0.29) is 5.91 Å². The Morgan fingerprint density at radius 1 is 1.50 bits per heavy atom. The summed E-state index contributed by atoms with van der Waals surface area (Å²) in [5, 5.41) is 2.72. The number of carbonyl (C=O) groups excluding carboxylic acids is 1. The van der Waals surface area contributed by atoms with Gasteiger partial charge in [-0.25, -0.2) is 4.98 Å². The molecule has 0 spiro atoms. The van der Waals surface area contributed by atoms with Gasteiger partial charge in [-0.05, 0) is 40.9 Å².